The van der Waals surface area contributed by atoms with Gasteiger partial charge in [0.15, 0.2) is 0 Å². The monoisotopic (exact) mass is 344 g/mol. The molecule has 0 aliphatic carbocycles. The fraction of sp³-hybridized carbons (Fsp3) is 0.353. The molecule has 2 amide bonds. The lowest BCUT2D eigenvalue weighted by Gasteiger charge is -2.21. The minimum Gasteiger partial charge on any atom is -0.368 e. The van der Waals surface area contributed by atoms with E-state index >= 15 is 0 Å². The fourth-order valence-corrected chi connectivity index (χ4v) is 3.76. The SMILES string of the molecule is NC(=O)C1CCCN1C(=O)c1csc(C(N)Cc2ccccc2)n1. The van der Waals surface area contributed by atoms with E-state index in [1.165, 1.54) is 16.2 Å². The van der Waals surface area contributed by atoms with E-state index in [0.29, 0.717) is 25.1 Å². The van der Waals surface area contributed by atoms with Gasteiger partial charge in [-0.2, -0.15) is 0 Å². The van der Waals surface area contributed by atoms with Crippen LogP contribution in [0.25, 0.3) is 0 Å². The zero-order chi connectivity index (χ0) is 17.1. The molecule has 2 heterocycles. The minimum atomic E-state index is -0.527. The first-order chi connectivity index (χ1) is 11.6. The van der Waals surface area contributed by atoms with Crippen molar-refractivity contribution < 1.29 is 9.59 Å². The molecule has 126 valence electrons. The maximum Gasteiger partial charge on any atom is 0.274 e. The van der Waals surface area contributed by atoms with Crippen LogP contribution in [-0.2, 0) is 11.2 Å². The van der Waals surface area contributed by atoms with E-state index in [-0.39, 0.29) is 11.9 Å². The summed E-state index contributed by atoms with van der Waals surface area (Å²) in [5.74, 6) is -0.706. The molecule has 0 spiro atoms. The molecule has 7 heteroatoms. The number of hydrogen-bond acceptors (Lipinski definition) is 5. The first-order valence-electron chi connectivity index (χ1n) is 7.91. The lowest BCUT2D eigenvalue weighted by atomic mass is 10.1. The molecular formula is C17H20N4O2S. The zero-order valence-corrected chi connectivity index (χ0v) is 14.0. The van der Waals surface area contributed by atoms with Crippen molar-refractivity contribution in [1.82, 2.24) is 9.88 Å². The van der Waals surface area contributed by atoms with E-state index in [9.17, 15) is 9.59 Å². The number of benzene rings is 1. The summed E-state index contributed by atoms with van der Waals surface area (Å²) in [6, 6.07) is 9.14. The summed E-state index contributed by atoms with van der Waals surface area (Å²) >= 11 is 1.37. The van der Waals surface area contributed by atoms with Crippen LogP contribution in [0.4, 0.5) is 0 Å². The molecule has 1 fully saturated rings. The molecule has 6 nitrogen and oxygen atoms in total. The second kappa shape index (κ2) is 7.11. The Bertz CT molecular complexity index is 731. The lowest BCUT2D eigenvalue weighted by Crippen LogP contribution is -2.43. The average molecular weight is 344 g/mol. The smallest absolute Gasteiger partial charge is 0.274 e. The number of primary amides is 1. The van der Waals surface area contributed by atoms with Gasteiger partial charge in [0.25, 0.3) is 5.91 Å². The van der Waals surface area contributed by atoms with Crippen LogP contribution in [0.2, 0.25) is 0 Å². The van der Waals surface area contributed by atoms with Gasteiger partial charge in [0.2, 0.25) is 5.91 Å². The summed E-state index contributed by atoms with van der Waals surface area (Å²) in [4.78, 5) is 29.9. The topological polar surface area (TPSA) is 102 Å². The van der Waals surface area contributed by atoms with Gasteiger partial charge in [-0.25, -0.2) is 4.98 Å². The van der Waals surface area contributed by atoms with Crippen LogP contribution in [0.1, 0.15) is 39.9 Å². The second-order valence-electron chi connectivity index (χ2n) is 5.93. The highest BCUT2D eigenvalue weighted by molar-refractivity contribution is 7.09. The van der Waals surface area contributed by atoms with Gasteiger partial charge in [-0.15, -0.1) is 11.3 Å². The van der Waals surface area contributed by atoms with E-state index in [0.717, 1.165) is 17.0 Å². The number of likely N-dealkylation sites (tertiary alicyclic amines) is 1. The van der Waals surface area contributed by atoms with Crippen molar-refractivity contribution in [3.8, 4) is 0 Å². The quantitative estimate of drug-likeness (QED) is 0.857. The number of carbonyl (C=O) groups excluding carboxylic acids is 2. The number of nitrogens with two attached hydrogens (primary N) is 2. The van der Waals surface area contributed by atoms with Crippen molar-refractivity contribution in [3.05, 3.63) is 52.0 Å². The number of aromatic nitrogens is 1. The summed E-state index contributed by atoms with van der Waals surface area (Å²) in [5.41, 5.74) is 13.1. The van der Waals surface area contributed by atoms with Crippen molar-refractivity contribution in [2.45, 2.75) is 31.3 Å². The van der Waals surface area contributed by atoms with Crippen LogP contribution < -0.4 is 11.5 Å². The summed E-state index contributed by atoms with van der Waals surface area (Å²) in [6.45, 7) is 0.537. The largest absolute Gasteiger partial charge is 0.368 e. The molecule has 24 heavy (non-hydrogen) atoms. The third kappa shape index (κ3) is 3.47. The molecular weight excluding hydrogens is 324 g/mol. The number of thiazole rings is 1. The molecule has 1 aromatic carbocycles. The standard InChI is InChI=1S/C17H20N4O2S/c18-12(9-11-5-2-1-3-6-11)16-20-13(10-24-16)17(23)21-8-4-7-14(21)15(19)22/h1-3,5-6,10,12,14H,4,7-9,18H2,(H2,19,22). The van der Waals surface area contributed by atoms with E-state index in [4.69, 9.17) is 11.5 Å². The van der Waals surface area contributed by atoms with Gasteiger partial charge in [-0.05, 0) is 24.8 Å². The molecule has 1 aliphatic heterocycles. The van der Waals surface area contributed by atoms with Gasteiger partial charge >= 0.3 is 0 Å². The highest BCUT2D eigenvalue weighted by atomic mass is 32.1. The molecule has 3 rings (SSSR count). The predicted molar refractivity (Wildman–Crippen MR) is 92.4 cm³/mol. The van der Waals surface area contributed by atoms with Crippen LogP contribution in [0, 0.1) is 0 Å². The lowest BCUT2D eigenvalue weighted by molar-refractivity contribution is -0.121. The highest BCUT2D eigenvalue weighted by Gasteiger charge is 2.34. The van der Waals surface area contributed by atoms with Crippen LogP contribution >= 0.6 is 11.3 Å². The summed E-state index contributed by atoms with van der Waals surface area (Å²) in [5, 5.41) is 2.43. The van der Waals surface area contributed by atoms with Crippen LogP contribution in [0.5, 0.6) is 0 Å². The Kier molecular flexibility index (Phi) is 4.92. The Labute approximate surface area is 144 Å². The van der Waals surface area contributed by atoms with Crippen LogP contribution in [0.15, 0.2) is 35.7 Å². The van der Waals surface area contributed by atoms with Gasteiger partial charge in [0.1, 0.15) is 16.7 Å². The second-order valence-corrected chi connectivity index (χ2v) is 6.82. The van der Waals surface area contributed by atoms with Crippen molar-refractivity contribution in [2.24, 2.45) is 11.5 Å². The summed E-state index contributed by atoms with van der Waals surface area (Å²) < 4.78 is 0. The number of nitrogens with zero attached hydrogens (tertiary/aromatic N) is 2. The number of rotatable bonds is 5. The summed E-state index contributed by atoms with van der Waals surface area (Å²) in [6.07, 6.45) is 2.06. The molecule has 1 aliphatic rings. The van der Waals surface area contributed by atoms with E-state index in [1.807, 2.05) is 30.3 Å². The predicted octanol–water partition coefficient (Wildman–Crippen LogP) is 1.48. The van der Waals surface area contributed by atoms with E-state index < -0.39 is 11.9 Å². The third-order valence-corrected chi connectivity index (χ3v) is 5.18. The Morgan fingerprint density at radius 2 is 2.08 bits per heavy atom. The Balaban J connectivity index is 1.70. The maximum absolute atomic E-state index is 12.6. The van der Waals surface area contributed by atoms with Gasteiger partial charge < -0.3 is 16.4 Å². The Morgan fingerprint density at radius 3 is 2.79 bits per heavy atom. The molecule has 2 atom stereocenters. The number of amides is 2. The number of hydrogen-bond donors (Lipinski definition) is 2. The van der Waals surface area contributed by atoms with Crippen molar-refractivity contribution in [1.29, 1.82) is 0 Å². The highest BCUT2D eigenvalue weighted by Crippen LogP contribution is 2.24. The van der Waals surface area contributed by atoms with Gasteiger partial charge in [0, 0.05) is 11.9 Å². The van der Waals surface area contributed by atoms with Crippen molar-refractivity contribution in [2.75, 3.05) is 6.54 Å². The summed E-state index contributed by atoms with van der Waals surface area (Å²) in [7, 11) is 0. The maximum atomic E-state index is 12.6. The molecule has 2 aromatic rings. The molecule has 0 bridgehead atoms. The van der Waals surface area contributed by atoms with Gasteiger partial charge in [-0.3, -0.25) is 9.59 Å². The number of carbonyl (C=O) groups is 2. The van der Waals surface area contributed by atoms with Crippen LogP contribution in [0.3, 0.4) is 0 Å². The first kappa shape index (κ1) is 16.6. The molecule has 2 unspecified atom stereocenters. The van der Waals surface area contributed by atoms with E-state index in [2.05, 4.69) is 4.98 Å². The van der Waals surface area contributed by atoms with Gasteiger partial charge in [0.05, 0.1) is 6.04 Å². The zero-order valence-electron chi connectivity index (χ0n) is 13.2. The normalized spacial score (nSPS) is 18.5. The molecule has 4 N–H and O–H groups in total. The molecule has 1 saturated heterocycles. The van der Waals surface area contributed by atoms with Crippen molar-refractivity contribution >= 4 is 23.2 Å². The molecule has 0 radical (unpaired) electrons. The fourth-order valence-electron chi connectivity index (χ4n) is 2.96. The Hall–Kier alpha value is -2.25. The third-order valence-electron chi connectivity index (χ3n) is 4.20. The Morgan fingerprint density at radius 1 is 1.33 bits per heavy atom. The van der Waals surface area contributed by atoms with Crippen molar-refractivity contribution in [3.63, 3.8) is 0 Å². The molecule has 1 aromatic heterocycles. The average Bonchev–Trinajstić information content (AvgIpc) is 3.25. The minimum absolute atomic E-state index is 0.245. The molecule has 0 saturated carbocycles. The first-order valence-corrected chi connectivity index (χ1v) is 8.79. The van der Waals surface area contributed by atoms with Crippen LogP contribution in [-0.4, -0.2) is 34.3 Å². The van der Waals surface area contributed by atoms with Gasteiger partial charge in [-0.1, -0.05) is 30.3 Å². The van der Waals surface area contributed by atoms with E-state index in [1.54, 1.807) is 5.38 Å².